The second-order valence-corrected chi connectivity index (χ2v) is 9.55. The Morgan fingerprint density at radius 2 is 1.86 bits per heavy atom. The Labute approximate surface area is 207 Å². The van der Waals surface area contributed by atoms with Crippen molar-refractivity contribution in [2.75, 3.05) is 11.9 Å². The molecule has 0 radical (unpaired) electrons. The van der Waals surface area contributed by atoms with E-state index in [1.54, 1.807) is 0 Å². The van der Waals surface area contributed by atoms with Crippen LogP contribution >= 0.6 is 0 Å². The summed E-state index contributed by atoms with van der Waals surface area (Å²) in [7, 11) is 0. The third-order valence-electron chi connectivity index (χ3n) is 7.34. The fourth-order valence-corrected chi connectivity index (χ4v) is 5.64. The molecule has 3 atom stereocenters. The zero-order chi connectivity index (χ0) is 23.8. The van der Waals surface area contributed by atoms with Crippen LogP contribution in [0, 0.1) is 12.8 Å². The molecule has 0 amide bonds. The minimum Gasteiger partial charge on any atom is -0.493 e. The molecule has 4 aromatic carbocycles. The van der Waals surface area contributed by atoms with Crippen molar-refractivity contribution < 1.29 is 4.74 Å². The van der Waals surface area contributed by atoms with Gasteiger partial charge in [0.2, 0.25) is 0 Å². The molecule has 0 saturated carbocycles. The van der Waals surface area contributed by atoms with Gasteiger partial charge in [-0.3, -0.25) is 4.99 Å². The maximum Gasteiger partial charge on any atom is 0.128 e. The maximum absolute atomic E-state index is 5.90. The molecule has 0 aromatic heterocycles. The predicted octanol–water partition coefficient (Wildman–Crippen LogP) is 8.12. The van der Waals surface area contributed by atoms with Crippen molar-refractivity contribution in [2.24, 2.45) is 10.9 Å². The van der Waals surface area contributed by atoms with Gasteiger partial charge in [0.05, 0.1) is 18.3 Å². The Bertz CT molecular complexity index is 1430. The SMILES string of the molecule is CCOc1ccc2ccccc2c1C=Nc1ccc([C@@H]2Nc3ccc(C)cc3[C@@H]3C=CC[C@H]32)cc1. The van der Waals surface area contributed by atoms with E-state index < -0.39 is 0 Å². The van der Waals surface area contributed by atoms with Crippen molar-refractivity contribution in [3.63, 3.8) is 0 Å². The number of hydrogen-bond acceptors (Lipinski definition) is 3. The van der Waals surface area contributed by atoms with Gasteiger partial charge in [-0.05, 0) is 72.4 Å². The standard InChI is InChI=1S/C32H30N2O/c1-3-35-31-18-14-22-7-4-5-8-25(22)29(31)20-33-24-15-12-23(13-16-24)32-27-10-6-9-26(27)28-19-21(2)11-17-30(28)34-32/h4-9,11-20,26-27,32,34H,3,10H2,1-2H3/t26-,27-,32+/m1/s1. The molecule has 0 bridgehead atoms. The lowest BCUT2D eigenvalue weighted by Gasteiger charge is -2.37. The summed E-state index contributed by atoms with van der Waals surface area (Å²) in [5.41, 5.74) is 7.29. The maximum atomic E-state index is 5.90. The second-order valence-electron chi connectivity index (χ2n) is 9.55. The first-order valence-electron chi connectivity index (χ1n) is 12.5. The van der Waals surface area contributed by atoms with Gasteiger partial charge < -0.3 is 10.1 Å². The van der Waals surface area contributed by atoms with Gasteiger partial charge in [-0.15, -0.1) is 0 Å². The molecule has 3 nitrogen and oxygen atoms in total. The fourth-order valence-electron chi connectivity index (χ4n) is 5.64. The van der Waals surface area contributed by atoms with Crippen LogP contribution in [0.3, 0.4) is 0 Å². The molecule has 1 heterocycles. The smallest absolute Gasteiger partial charge is 0.128 e. The third-order valence-corrected chi connectivity index (χ3v) is 7.34. The van der Waals surface area contributed by atoms with Gasteiger partial charge in [0.1, 0.15) is 5.75 Å². The average molecular weight is 459 g/mol. The molecule has 0 saturated heterocycles. The van der Waals surface area contributed by atoms with E-state index in [4.69, 9.17) is 9.73 Å². The number of rotatable bonds is 5. The topological polar surface area (TPSA) is 33.6 Å². The first kappa shape index (κ1) is 21.7. The molecule has 1 aliphatic heterocycles. The van der Waals surface area contributed by atoms with E-state index in [1.165, 1.54) is 27.8 Å². The Morgan fingerprint density at radius 1 is 1.00 bits per heavy atom. The van der Waals surface area contributed by atoms with E-state index in [2.05, 4.69) is 97.2 Å². The number of anilines is 1. The number of hydrogen-bond donors (Lipinski definition) is 1. The fraction of sp³-hybridized carbons (Fsp3) is 0.219. The Kier molecular flexibility index (Phi) is 5.61. The van der Waals surface area contributed by atoms with Gasteiger partial charge >= 0.3 is 0 Å². The van der Waals surface area contributed by atoms with Crippen LogP contribution in [0.1, 0.15) is 47.6 Å². The normalized spacial score (nSPS) is 20.6. The molecule has 2 aliphatic rings. The molecule has 6 rings (SSSR count). The largest absolute Gasteiger partial charge is 0.493 e. The lowest BCUT2D eigenvalue weighted by atomic mass is 9.76. The number of fused-ring (bicyclic) bond motifs is 4. The second kappa shape index (κ2) is 9.07. The van der Waals surface area contributed by atoms with E-state index in [1.807, 2.05) is 19.2 Å². The highest BCUT2D eigenvalue weighted by Crippen LogP contribution is 2.50. The number of nitrogens with one attached hydrogen (secondary N) is 1. The number of aliphatic imine (C=N–C) groups is 1. The van der Waals surface area contributed by atoms with E-state index >= 15 is 0 Å². The van der Waals surface area contributed by atoms with Crippen LogP contribution < -0.4 is 10.1 Å². The monoisotopic (exact) mass is 458 g/mol. The zero-order valence-electron chi connectivity index (χ0n) is 20.2. The molecule has 35 heavy (non-hydrogen) atoms. The van der Waals surface area contributed by atoms with E-state index in [0.29, 0.717) is 24.5 Å². The van der Waals surface area contributed by atoms with Crippen LogP contribution in [0.25, 0.3) is 10.8 Å². The molecule has 0 spiro atoms. The van der Waals surface area contributed by atoms with Crippen molar-refractivity contribution in [3.8, 4) is 5.75 Å². The summed E-state index contributed by atoms with van der Waals surface area (Å²) in [5, 5.41) is 6.17. The molecule has 1 aliphatic carbocycles. The lowest BCUT2D eigenvalue weighted by molar-refractivity contribution is 0.340. The van der Waals surface area contributed by atoms with Crippen molar-refractivity contribution in [1.82, 2.24) is 0 Å². The van der Waals surface area contributed by atoms with Crippen molar-refractivity contribution >= 4 is 28.4 Å². The molecule has 1 N–H and O–H groups in total. The summed E-state index contributed by atoms with van der Waals surface area (Å²) in [6.45, 7) is 4.81. The summed E-state index contributed by atoms with van der Waals surface area (Å²) < 4.78 is 5.90. The molecule has 0 unspecified atom stereocenters. The van der Waals surface area contributed by atoms with Gasteiger partial charge in [0.25, 0.3) is 0 Å². The first-order valence-corrected chi connectivity index (χ1v) is 12.5. The van der Waals surface area contributed by atoms with Crippen LogP contribution in [-0.2, 0) is 0 Å². The Hall–Kier alpha value is -3.85. The van der Waals surface area contributed by atoms with E-state index in [9.17, 15) is 0 Å². The average Bonchev–Trinajstić information content (AvgIpc) is 3.39. The summed E-state index contributed by atoms with van der Waals surface area (Å²) in [4.78, 5) is 4.83. The van der Waals surface area contributed by atoms with Crippen LogP contribution in [0.4, 0.5) is 11.4 Å². The number of ether oxygens (including phenoxy) is 1. The first-order chi connectivity index (χ1) is 17.2. The minimum atomic E-state index is 0.297. The number of benzene rings is 4. The van der Waals surface area contributed by atoms with Gasteiger partial charge in [0, 0.05) is 23.4 Å². The van der Waals surface area contributed by atoms with Gasteiger partial charge in [0.15, 0.2) is 0 Å². The zero-order valence-corrected chi connectivity index (χ0v) is 20.2. The van der Waals surface area contributed by atoms with Crippen molar-refractivity contribution in [2.45, 2.75) is 32.2 Å². The van der Waals surface area contributed by atoms with Crippen LogP contribution in [-0.4, -0.2) is 12.8 Å². The number of nitrogens with zero attached hydrogens (tertiary/aromatic N) is 1. The molecule has 3 heteroatoms. The van der Waals surface area contributed by atoms with E-state index in [0.717, 1.165) is 28.8 Å². The third kappa shape index (κ3) is 4.01. The molecular weight excluding hydrogens is 428 g/mol. The number of allylic oxidation sites excluding steroid dienone is 2. The lowest BCUT2D eigenvalue weighted by Crippen LogP contribution is -2.29. The quantitative estimate of drug-likeness (QED) is 0.242. The highest BCUT2D eigenvalue weighted by molar-refractivity contribution is 6.03. The molecule has 0 fully saturated rings. The van der Waals surface area contributed by atoms with Gasteiger partial charge in [-0.2, -0.15) is 0 Å². The molecular formula is C32H30N2O. The minimum absolute atomic E-state index is 0.297. The Morgan fingerprint density at radius 3 is 2.71 bits per heavy atom. The predicted molar refractivity (Wildman–Crippen MR) is 146 cm³/mol. The Balaban J connectivity index is 1.29. The van der Waals surface area contributed by atoms with E-state index in [-0.39, 0.29) is 0 Å². The summed E-state index contributed by atoms with van der Waals surface area (Å²) in [6, 6.07) is 28.3. The van der Waals surface area contributed by atoms with Gasteiger partial charge in [-0.25, -0.2) is 0 Å². The summed E-state index contributed by atoms with van der Waals surface area (Å²) in [5.74, 6) is 1.90. The van der Waals surface area contributed by atoms with Crippen LogP contribution in [0.15, 0.2) is 96.0 Å². The summed E-state index contributed by atoms with van der Waals surface area (Å²) >= 11 is 0. The van der Waals surface area contributed by atoms with Crippen LogP contribution in [0.5, 0.6) is 5.75 Å². The van der Waals surface area contributed by atoms with Crippen molar-refractivity contribution in [3.05, 3.63) is 113 Å². The number of aryl methyl sites for hydroxylation is 1. The summed E-state index contributed by atoms with van der Waals surface area (Å²) in [6.07, 6.45) is 7.80. The van der Waals surface area contributed by atoms with Gasteiger partial charge in [-0.1, -0.05) is 72.3 Å². The highest BCUT2D eigenvalue weighted by Gasteiger charge is 2.37. The van der Waals surface area contributed by atoms with Crippen molar-refractivity contribution in [1.29, 1.82) is 0 Å². The highest BCUT2D eigenvalue weighted by atomic mass is 16.5. The van der Waals surface area contributed by atoms with Crippen LogP contribution in [0.2, 0.25) is 0 Å². The molecule has 174 valence electrons. The molecule has 4 aromatic rings.